The Kier molecular flexibility index (Phi) is 5.56. The molecule has 146 valence electrons. The van der Waals surface area contributed by atoms with Gasteiger partial charge in [0.15, 0.2) is 11.3 Å². The molecule has 2 aromatic carbocycles. The topological polar surface area (TPSA) is 64.4 Å². The second kappa shape index (κ2) is 8.27. The molecule has 0 bridgehead atoms. The molecule has 2 aromatic heterocycles. The van der Waals surface area contributed by atoms with E-state index in [1.807, 2.05) is 42.5 Å². The predicted molar refractivity (Wildman–Crippen MR) is 117 cm³/mol. The molecule has 2 heterocycles. The van der Waals surface area contributed by atoms with Crippen molar-refractivity contribution in [1.82, 2.24) is 4.98 Å². The fourth-order valence-electron chi connectivity index (χ4n) is 3.04. The minimum absolute atomic E-state index is 0.514. The highest BCUT2D eigenvalue weighted by Crippen LogP contribution is 2.38. The third kappa shape index (κ3) is 4.13. The van der Waals surface area contributed by atoms with Crippen LogP contribution in [0.1, 0.15) is 18.6 Å². The van der Waals surface area contributed by atoms with Crippen molar-refractivity contribution >= 4 is 50.3 Å². The second-order valence-electron chi connectivity index (χ2n) is 6.38. The van der Waals surface area contributed by atoms with Crippen LogP contribution in [0, 0.1) is 0 Å². The number of carbonyl (C=O) groups is 1. The van der Waals surface area contributed by atoms with Crippen molar-refractivity contribution in [3.63, 3.8) is 0 Å². The summed E-state index contributed by atoms with van der Waals surface area (Å²) in [6.07, 6.45) is 2.14. The molecule has 1 atom stereocenters. The van der Waals surface area contributed by atoms with Crippen LogP contribution in [0.4, 0.5) is 10.5 Å². The van der Waals surface area contributed by atoms with E-state index in [4.69, 9.17) is 20.8 Å². The summed E-state index contributed by atoms with van der Waals surface area (Å²) in [5, 5.41) is 4.11. The molecule has 0 saturated carbocycles. The van der Waals surface area contributed by atoms with Gasteiger partial charge in [0.25, 0.3) is 0 Å². The lowest BCUT2D eigenvalue weighted by Crippen LogP contribution is -2.16. The molecule has 0 spiro atoms. The summed E-state index contributed by atoms with van der Waals surface area (Å²) in [5.74, 6) is 0.530. The van der Waals surface area contributed by atoms with Gasteiger partial charge in [0, 0.05) is 32.2 Å². The number of pyridine rings is 1. The quantitative estimate of drug-likeness (QED) is 0.341. The Morgan fingerprint density at radius 1 is 1.17 bits per heavy atom. The summed E-state index contributed by atoms with van der Waals surface area (Å²) in [7, 11) is 0. The first-order valence-electron chi connectivity index (χ1n) is 8.87. The van der Waals surface area contributed by atoms with Gasteiger partial charge in [-0.15, -0.1) is 0 Å². The second-order valence-corrected chi connectivity index (χ2v) is 7.70. The standard InChI is InChI=1S/C22H16BrClN2O3/c1-13(16-4-2-3-5-18(16)24)28-22(27)26-20-17-10-11-25-12-19(17)29-21(20)14-6-8-15(23)9-7-14/h2-13H,1H3,(H,26,27)/t13-/m1/s1. The van der Waals surface area contributed by atoms with Crippen molar-refractivity contribution in [2.75, 3.05) is 5.32 Å². The Balaban J connectivity index is 1.64. The van der Waals surface area contributed by atoms with Crippen LogP contribution in [-0.2, 0) is 4.74 Å². The highest BCUT2D eigenvalue weighted by atomic mass is 79.9. The normalized spacial score (nSPS) is 12.0. The maximum absolute atomic E-state index is 12.6. The van der Waals surface area contributed by atoms with E-state index in [1.165, 1.54) is 0 Å². The molecule has 0 saturated heterocycles. The molecule has 0 aliphatic carbocycles. The maximum Gasteiger partial charge on any atom is 0.412 e. The molecule has 1 amide bonds. The van der Waals surface area contributed by atoms with Gasteiger partial charge >= 0.3 is 6.09 Å². The van der Waals surface area contributed by atoms with Crippen LogP contribution in [0.25, 0.3) is 22.3 Å². The number of fused-ring (bicyclic) bond motifs is 1. The van der Waals surface area contributed by atoms with Crippen LogP contribution < -0.4 is 5.32 Å². The number of rotatable bonds is 4. The molecule has 0 aliphatic rings. The Morgan fingerprint density at radius 3 is 2.69 bits per heavy atom. The van der Waals surface area contributed by atoms with Crippen molar-refractivity contribution in [2.45, 2.75) is 13.0 Å². The van der Waals surface area contributed by atoms with E-state index < -0.39 is 12.2 Å². The highest BCUT2D eigenvalue weighted by Gasteiger charge is 2.21. The molecule has 0 fully saturated rings. The number of furan rings is 1. The molecule has 0 aliphatic heterocycles. The average molecular weight is 472 g/mol. The zero-order valence-electron chi connectivity index (χ0n) is 15.4. The van der Waals surface area contributed by atoms with Gasteiger partial charge in [-0.3, -0.25) is 10.3 Å². The number of hydrogen-bond acceptors (Lipinski definition) is 4. The van der Waals surface area contributed by atoms with Gasteiger partial charge in [-0.05, 0) is 31.2 Å². The predicted octanol–water partition coefficient (Wildman–Crippen LogP) is 7.22. The molecular formula is C22H16BrClN2O3. The van der Waals surface area contributed by atoms with Crippen LogP contribution in [0.5, 0.6) is 0 Å². The lowest BCUT2D eigenvalue weighted by molar-refractivity contribution is 0.121. The van der Waals surface area contributed by atoms with Gasteiger partial charge in [0.1, 0.15) is 6.10 Å². The first kappa shape index (κ1) is 19.5. The molecule has 0 radical (unpaired) electrons. The van der Waals surface area contributed by atoms with Gasteiger partial charge < -0.3 is 9.15 Å². The molecule has 7 heteroatoms. The number of nitrogens with one attached hydrogen (secondary N) is 1. The van der Waals surface area contributed by atoms with Crippen LogP contribution in [0.3, 0.4) is 0 Å². The largest absolute Gasteiger partial charge is 0.452 e. The third-order valence-corrected chi connectivity index (χ3v) is 5.33. The van der Waals surface area contributed by atoms with E-state index >= 15 is 0 Å². The summed E-state index contributed by atoms with van der Waals surface area (Å²) in [6.45, 7) is 1.77. The van der Waals surface area contributed by atoms with Crippen LogP contribution in [0.15, 0.2) is 75.9 Å². The lowest BCUT2D eigenvalue weighted by Gasteiger charge is -2.15. The smallest absolute Gasteiger partial charge is 0.412 e. The summed E-state index contributed by atoms with van der Waals surface area (Å²) in [5.41, 5.74) is 2.65. The van der Waals surface area contributed by atoms with E-state index in [1.54, 1.807) is 31.5 Å². The van der Waals surface area contributed by atoms with Crippen LogP contribution >= 0.6 is 27.5 Å². The van der Waals surface area contributed by atoms with E-state index in [9.17, 15) is 4.79 Å². The summed E-state index contributed by atoms with van der Waals surface area (Å²) >= 11 is 9.63. The number of halogens is 2. The van der Waals surface area contributed by atoms with Gasteiger partial charge in [0.2, 0.25) is 0 Å². The number of hydrogen-bond donors (Lipinski definition) is 1. The van der Waals surface area contributed by atoms with Gasteiger partial charge in [-0.1, -0.05) is 57.9 Å². The van der Waals surface area contributed by atoms with E-state index in [0.717, 1.165) is 21.0 Å². The van der Waals surface area contributed by atoms with Gasteiger partial charge in [-0.25, -0.2) is 4.79 Å². The van der Waals surface area contributed by atoms with E-state index in [0.29, 0.717) is 22.1 Å². The van der Waals surface area contributed by atoms with Crippen molar-refractivity contribution in [2.24, 2.45) is 0 Å². The first-order chi connectivity index (χ1) is 14.0. The molecule has 4 aromatic rings. The van der Waals surface area contributed by atoms with Crippen molar-refractivity contribution < 1.29 is 13.9 Å². The fraction of sp³-hybridized carbons (Fsp3) is 0.0909. The number of nitrogens with zero attached hydrogens (tertiary/aromatic N) is 1. The zero-order valence-corrected chi connectivity index (χ0v) is 17.7. The average Bonchev–Trinajstić information content (AvgIpc) is 3.07. The highest BCUT2D eigenvalue weighted by molar-refractivity contribution is 9.10. The SMILES string of the molecule is C[C@@H](OC(=O)Nc1c(-c2ccc(Br)cc2)oc2cnccc12)c1ccccc1Cl. The molecular weight excluding hydrogens is 456 g/mol. The molecule has 0 unspecified atom stereocenters. The van der Waals surface area contributed by atoms with E-state index in [-0.39, 0.29) is 0 Å². The van der Waals surface area contributed by atoms with Crippen molar-refractivity contribution in [3.8, 4) is 11.3 Å². The Morgan fingerprint density at radius 2 is 1.93 bits per heavy atom. The van der Waals surface area contributed by atoms with Gasteiger partial charge in [-0.2, -0.15) is 0 Å². The monoisotopic (exact) mass is 470 g/mol. The van der Waals surface area contributed by atoms with Gasteiger partial charge in [0.05, 0.1) is 11.9 Å². The maximum atomic E-state index is 12.6. The first-order valence-corrected chi connectivity index (χ1v) is 10.0. The summed E-state index contributed by atoms with van der Waals surface area (Å²) in [4.78, 5) is 16.7. The molecule has 4 rings (SSSR count). The van der Waals surface area contributed by atoms with Crippen molar-refractivity contribution in [3.05, 3.63) is 82.0 Å². The Bertz CT molecular complexity index is 1170. The number of aromatic nitrogens is 1. The molecule has 1 N–H and O–H groups in total. The fourth-order valence-corrected chi connectivity index (χ4v) is 3.59. The Labute approximate surface area is 180 Å². The third-order valence-electron chi connectivity index (χ3n) is 4.45. The minimum Gasteiger partial charge on any atom is -0.452 e. The summed E-state index contributed by atoms with van der Waals surface area (Å²) < 4.78 is 12.5. The Hall–Kier alpha value is -2.83. The van der Waals surface area contributed by atoms with E-state index in [2.05, 4.69) is 26.2 Å². The molecule has 5 nitrogen and oxygen atoms in total. The number of ether oxygens (including phenoxy) is 1. The number of amides is 1. The summed E-state index contributed by atoms with van der Waals surface area (Å²) in [6, 6.07) is 16.7. The number of carbonyl (C=O) groups excluding carboxylic acids is 1. The van der Waals surface area contributed by atoms with Crippen molar-refractivity contribution in [1.29, 1.82) is 0 Å². The minimum atomic E-state index is -0.602. The lowest BCUT2D eigenvalue weighted by atomic mass is 10.1. The zero-order chi connectivity index (χ0) is 20.4. The van der Waals surface area contributed by atoms with Crippen LogP contribution in [0.2, 0.25) is 5.02 Å². The van der Waals surface area contributed by atoms with Crippen LogP contribution in [-0.4, -0.2) is 11.1 Å². The number of benzene rings is 2. The number of anilines is 1. The molecule has 29 heavy (non-hydrogen) atoms.